The van der Waals surface area contributed by atoms with E-state index in [4.69, 9.17) is 4.74 Å². The molecule has 1 aliphatic rings. The van der Waals surface area contributed by atoms with E-state index in [1.807, 2.05) is 0 Å². The quantitative estimate of drug-likeness (QED) is 0.763. The first-order valence-electron chi connectivity index (χ1n) is 8.68. The summed E-state index contributed by atoms with van der Waals surface area (Å²) in [5.41, 5.74) is -0.374. The van der Waals surface area contributed by atoms with Crippen molar-refractivity contribution in [2.24, 2.45) is 7.05 Å². The highest BCUT2D eigenvalue weighted by atomic mass is 32.2. The summed E-state index contributed by atoms with van der Waals surface area (Å²) in [5.74, 6) is 0. The predicted octanol–water partition coefficient (Wildman–Crippen LogP) is 3.84. The second-order valence-electron chi connectivity index (χ2n) is 6.67. The number of halogens is 3. The maximum absolute atomic E-state index is 13.7. The van der Waals surface area contributed by atoms with Crippen LogP contribution in [-0.2, 0) is 27.8 Å². The van der Waals surface area contributed by atoms with Crippen molar-refractivity contribution in [3.63, 3.8) is 0 Å². The Morgan fingerprint density at radius 1 is 1.26 bits per heavy atom. The summed E-state index contributed by atoms with van der Waals surface area (Å²) >= 11 is 0. The zero-order valence-electron chi connectivity index (χ0n) is 15.0. The Hall–Kier alpha value is -1.87. The largest absolute Gasteiger partial charge is 0.417 e. The van der Waals surface area contributed by atoms with Gasteiger partial charge < -0.3 is 4.74 Å². The number of alkyl halides is 3. The lowest BCUT2D eigenvalue weighted by atomic mass is 10.1. The highest BCUT2D eigenvalue weighted by Gasteiger charge is 2.42. The molecule has 0 bridgehead atoms. The molecular formula is C18H21F3N2O3S. The average Bonchev–Trinajstić information content (AvgIpc) is 3.23. The van der Waals surface area contributed by atoms with Crippen LogP contribution in [-0.4, -0.2) is 36.2 Å². The third kappa shape index (κ3) is 4.03. The summed E-state index contributed by atoms with van der Waals surface area (Å²) in [4.78, 5) is -0.662. The molecule has 5 nitrogen and oxygen atoms in total. The Bertz CT molecular complexity index is 922. The molecule has 27 heavy (non-hydrogen) atoms. The van der Waals surface area contributed by atoms with E-state index in [9.17, 15) is 21.6 Å². The van der Waals surface area contributed by atoms with Crippen molar-refractivity contribution in [1.82, 2.24) is 9.78 Å². The average molecular weight is 402 g/mol. The summed E-state index contributed by atoms with van der Waals surface area (Å²) in [6, 6.07) is 3.35. The molecule has 1 aromatic heterocycles. The van der Waals surface area contributed by atoms with Crippen molar-refractivity contribution in [1.29, 1.82) is 0 Å². The molecule has 9 heteroatoms. The minimum absolute atomic E-state index is 0.220. The van der Waals surface area contributed by atoms with E-state index in [1.165, 1.54) is 16.9 Å². The molecule has 3 rings (SSSR count). The first-order valence-corrected chi connectivity index (χ1v) is 10.2. The molecule has 0 N–H and O–H groups in total. The molecule has 1 saturated carbocycles. The molecule has 0 spiro atoms. The van der Waals surface area contributed by atoms with Gasteiger partial charge in [-0.05, 0) is 43.9 Å². The fourth-order valence-electron chi connectivity index (χ4n) is 3.50. The lowest BCUT2D eigenvalue weighted by Gasteiger charge is -2.18. The smallest absolute Gasteiger partial charge is 0.378 e. The minimum Gasteiger partial charge on any atom is -0.378 e. The van der Waals surface area contributed by atoms with Crippen LogP contribution in [0.3, 0.4) is 0 Å². The summed E-state index contributed by atoms with van der Waals surface area (Å²) in [6.45, 7) is 2.26. The van der Waals surface area contributed by atoms with Crippen LogP contribution in [0.2, 0.25) is 0 Å². The Morgan fingerprint density at radius 3 is 2.59 bits per heavy atom. The molecule has 2 atom stereocenters. The Morgan fingerprint density at radius 2 is 2.00 bits per heavy atom. The molecule has 1 aromatic carbocycles. The number of rotatable bonds is 5. The topological polar surface area (TPSA) is 61.2 Å². The van der Waals surface area contributed by atoms with Gasteiger partial charge in [0.2, 0.25) is 0 Å². The highest BCUT2D eigenvalue weighted by Crippen LogP contribution is 2.40. The van der Waals surface area contributed by atoms with E-state index in [-0.39, 0.29) is 18.1 Å². The van der Waals surface area contributed by atoms with Gasteiger partial charge in [0.05, 0.1) is 28.0 Å². The fourth-order valence-corrected chi connectivity index (χ4v) is 5.51. The van der Waals surface area contributed by atoms with Gasteiger partial charge in [-0.2, -0.15) is 18.3 Å². The van der Waals surface area contributed by atoms with Crippen LogP contribution < -0.4 is 0 Å². The second kappa shape index (κ2) is 7.27. The van der Waals surface area contributed by atoms with Crippen molar-refractivity contribution < 1.29 is 26.3 Å². The second-order valence-corrected chi connectivity index (χ2v) is 8.87. The Labute approximate surface area is 156 Å². The van der Waals surface area contributed by atoms with Gasteiger partial charge in [0, 0.05) is 25.4 Å². The zero-order chi connectivity index (χ0) is 19.8. The molecule has 1 heterocycles. The number of benzene rings is 1. The van der Waals surface area contributed by atoms with E-state index >= 15 is 0 Å². The number of ether oxygens (including phenoxy) is 1. The lowest BCUT2D eigenvalue weighted by molar-refractivity contribution is -0.139. The summed E-state index contributed by atoms with van der Waals surface area (Å²) in [5, 5.41) is 3.09. The number of hydrogen-bond donors (Lipinski definition) is 0. The predicted molar refractivity (Wildman–Crippen MR) is 93.9 cm³/mol. The SMILES string of the molecule is CCO[C@@H]1CC[C@@H](S(=O)(=O)c2ccc(-c3cnn(C)c3)cc2C(F)(F)F)C1. The van der Waals surface area contributed by atoms with E-state index in [0.29, 0.717) is 25.0 Å². The van der Waals surface area contributed by atoms with Gasteiger partial charge in [-0.15, -0.1) is 0 Å². The third-order valence-corrected chi connectivity index (χ3v) is 7.08. The lowest BCUT2D eigenvalue weighted by Crippen LogP contribution is -2.23. The van der Waals surface area contributed by atoms with Gasteiger partial charge in [-0.1, -0.05) is 6.07 Å². The Kier molecular flexibility index (Phi) is 5.36. The highest BCUT2D eigenvalue weighted by molar-refractivity contribution is 7.92. The number of aryl methyl sites for hydroxylation is 1. The maximum atomic E-state index is 13.7. The van der Waals surface area contributed by atoms with Crippen LogP contribution >= 0.6 is 0 Å². The van der Waals surface area contributed by atoms with E-state index < -0.39 is 31.7 Å². The van der Waals surface area contributed by atoms with Crippen molar-refractivity contribution in [3.8, 4) is 11.1 Å². The molecule has 1 aliphatic carbocycles. The molecule has 0 unspecified atom stereocenters. The van der Waals surface area contributed by atoms with Gasteiger partial charge in [0.1, 0.15) is 0 Å². The minimum atomic E-state index is -4.78. The van der Waals surface area contributed by atoms with Crippen LogP contribution in [0.1, 0.15) is 31.7 Å². The number of hydrogen-bond acceptors (Lipinski definition) is 4. The molecule has 1 fully saturated rings. The van der Waals surface area contributed by atoms with Crippen LogP contribution in [0.5, 0.6) is 0 Å². The monoisotopic (exact) mass is 402 g/mol. The molecule has 148 valence electrons. The van der Waals surface area contributed by atoms with Gasteiger partial charge in [0.15, 0.2) is 9.84 Å². The van der Waals surface area contributed by atoms with E-state index in [1.54, 1.807) is 20.2 Å². The van der Waals surface area contributed by atoms with Crippen LogP contribution in [0.15, 0.2) is 35.5 Å². The fraction of sp³-hybridized carbons (Fsp3) is 0.500. The van der Waals surface area contributed by atoms with Crippen molar-refractivity contribution in [3.05, 3.63) is 36.2 Å². The van der Waals surface area contributed by atoms with E-state index in [2.05, 4.69) is 5.10 Å². The number of nitrogens with zero attached hydrogens (tertiary/aromatic N) is 2. The maximum Gasteiger partial charge on any atom is 0.417 e. The molecule has 2 aromatic rings. The van der Waals surface area contributed by atoms with Crippen LogP contribution in [0.4, 0.5) is 13.2 Å². The summed E-state index contributed by atoms with van der Waals surface area (Å²) in [7, 11) is -2.46. The van der Waals surface area contributed by atoms with Crippen molar-refractivity contribution in [2.75, 3.05) is 6.61 Å². The number of aromatic nitrogens is 2. The van der Waals surface area contributed by atoms with Gasteiger partial charge in [-0.3, -0.25) is 4.68 Å². The Balaban J connectivity index is 2.02. The third-order valence-electron chi connectivity index (χ3n) is 4.81. The molecule has 0 amide bonds. The normalized spacial score (nSPS) is 20.9. The van der Waals surface area contributed by atoms with Crippen LogP contribution in [0, 0.1) is 0 Å². The summed E-state index contributed by atoms with van der Waals surface area (Å²) < 4.78 is 73.7. The molecule has 0 aliphatic heterocycles. The number of sulfone groups is 1. The van der Waals surface area contributed by atoms with Gasteiger partial charge in [-0.25, -0.2) is 8.42 Å². The zero-order valence-corrected chi connectivity index (χ0v) is 15.8. The van der Waals surface area contributed by atoms with Gasteiger partial charge >= 0.3 is 6.18 Å². The molecular weight excluding hydrogens is 381 g/mol. The van der Waals surface area contributed by atoms with Crippen molar-refractivity contribution in [2.45, 2.75) is 48.6 Å². The first kappa shape index (κ1) is 19.9. The van der Waals surface area contributed by atoms with Gasteiger partial charge in [0.25, 0.3) is 0 Å². The van der Waals surface area contributed by atoms with E-state index in [0.717, 1.165) is 12.1 Å². The van der Waals surface area contributed by atoms with Crippen molar-refractivity contribution >= 4 is 9.84 Å². The molecule has 0 radical (unpaired) electrons. The summed E-state index contributed by atoms with van der Waals surface area (Å²) in [6.07, 6.45) is -0.933. The van der Waals surface area contributed by atoms with Crippen LogP contribution in [0.25, 0.3) is 11.1 Å². The standard InChI is InChI=1S/C18H21F3N2O3S/c1-3-26-14-5-6-15(9-14)27(24,25)17-7-4-12(8-16(17)18(19,20)21)13-10-22-23(2)11-13/h4,7-8,10-11,14-15H,3,5-6,9H2,1-2H3/t14-,15-/m1/s1. The first-order chi connectivity index (χ1) is 12.6. The molecule has 0 saturated heterocycles.